The second-order valence-corrected chi connectivity index (χ2v) is 9.36. The van der Waals surface area contributed by atoms with Gasteiger partial charge < -0.3 is 14.8 Å². The van der Waals surface area contributed by atoms with E-state index in [1.54, 1.807) is 30.3 Å². The number of halogens is 1. The molecule has 0 spiro atoms. The topological polar surface area (TPSA) is 67.9 Å². The normalized spacial score (nSPS) is 14.4. The quantitative estimate of drug-likeness (QED) is 0.151. The molecule has 0 aliphatic carbocycles. The number of ether oxygens (including phenoxy) is 2. The van der Waals surface area contributed by atoms with E-state index in [0.717, 1.165) is 25.0 Å². The Kier molecular flexibility index (Phi) is 6.90. The lowest BCUT2D eigenvalue weighted by molar-refractivity contribution is -0.113. The third-order valence-corrected chi connectivity index (χ3v) is 6.53. The van der Waals surface area contributed by atoms with E-state index < -0.39 is 11.9 Å². The van der Waals surface area contributed by atoms with E-state index in [4.69, 9.17) is 9.47 Å². The van der Waals surface area contributed by atoms with Crippen LogP contribution in [-0.2, 0) is 11.4 Å². The molecule has 4 aromatic rings. The summed E-state index contributed by atoms with van der Waals surface area (Å²) < 4.78 is 12.9. The average molecular weight is 590 g/mol. The number of nitrogens with one attached hydrogen (secondary N) is 1. The number of carbonyl (C=O) groups excluding carboxylic acids is 2. The van der Waals surface area contributed by atoms with Gasteiger partial charge in [0.25, 0.3) is 5.91 Å². The Balaban J connectivity index is 1.40. The van der Waals surface area contributed by atoms with Crippen LogP contribution in [0.4, 0.5) is 10.5 Å². The van der Waals surface area contributed by atoms with Crippen LogP contribution in [0.25, 0.3) is 16.8 Å². The van der Waals surface area contributed by atoms with Gasteiger partial charge in [-0.2, -0.15) is 0 Å². The molecule has 0 atom stereocenters. The molecule has 1 aliphatic heterocycles. The van der Waals surface area contributed by atoms with Crippen molar-refractivity contribution >= 4 is 57.1 Å². The van der Waals surface area contributed by atoms with E-state index >= 15 is 0 Å². The van der Waals surface area contributed by atoms with Gasteiger partial charge in [-0.25, -0.2) is 9.69 Å². The van der Waals surface area contributed by atoms with Gasteiger partial charge in [0.2, 0.25) is 0 Å². The number of anilines is 1. The second kappa shape index (κ2) is 10.4. The fourth-order valence-electron chi connectivity index (χ4n) is 4.07. The lowest BCUT2D eigenvalue weighted by atomic mass is 10.1. The van der Waals surface area contributed by atoms with Crippen LogP contribution in [0.5, 0.6) is 11.5 Å². The summed E-state index contributed by atoms with van der Waals surface area (Å²) in [6.07, 6.45) is 1.65. The molecule has 7 heteroatoms. The first kappa shape index (κ1) is 23.9. The van der Waals surface area contributed by atoms with Crippen molar-refractivity contribution in [3.63, 3.8) is 0 Å². The Morgan fingerprint density at radius 3 is 2.42 bits per heavy atom. The van der Waals surface area contributed by atoms with Crippen molar-refractivity contribution in [2.45, 2.75) is 13.5 Å². The van der Waals surface area contributed by atoms with Gasteiger partial charge in [-0.15, -0.1) is 0 Å². The van der Waals surface area contributed by atoms with Gasteiger partial charge in [-0.3, -0.25) is 4.79 Å². The molecule has 1 aliphatic rings. The zero-order chi connectivity index (χ0) is 25.1. The molecule has 1 fully saturated rings. The molecule has 1 saturated heterocycles. The van der Waals surface area contributed by atoms with Crippen LogP contribution in [0.2, 0.25) is 0 Å². The summed E-state index contributed by atoms with van der Waals surface area (Å²) in [7, 11) is 0. The SMILES string of the molecule is CCOc1cc(C=C2NC(=O)N(c3ccccc3)C2=O)cc(I)c1OCc1ccc2ccccc2c1. The molecule has 4 aromatic carbocycles. The van der Waals surface area contributed by atoms with Gasteiger partial charge in [-0.05, 0) is 87.8 Å². The molecule has 36 heavy (non-hydrogen) atoms. The molecule has 180 valence electrons. The third-order valence-electron chi connectivity index (χ3n) is 5.73. The fraction of sp³-hybridized carbons (Fsp3) is 0.103. The van der Waals surface area contributed by atoms with Crippen LogP contribution in [-0.4, -0.2) is 18.5 Å². The lowest BCUT2D eigenvalue weighted by Gasteiger charge is -2.15. The molecule has 0 bridgehead atoms. The summed E-state index contributed by atoms with van der Waals surface area (Å²) in [5, 5.41) is 5.01. The Morgan fingerprint density at radius 2 is 1.64 bits per heavy atom. The summed E-state index contributed by atoms with van der Waals surface area (Å²) in [6.45, 7) is 2.76. The summed E-state index contributed by atoms with van der Waals surface area (Å²) in [5.41, 5.74) is 2.50. The smallest absolute Gasteiger partial charge is 0.333 e. The van der Waals surface area contributed by atoms with Gasteiger partial charge >= 0.3 is 6.03 Å². The molecule has 5 rings (SSSR count). The number of urea groups is 1. The minimum absolute atomic E-state index is 0.201. The van der Waals surface area contributed by atoms with Gasteiger partial charge in [0, 0.05) is 0 Å². The predicted octanol–water partition coefficient (Wildman–Crippen LogP) is 6.52. The number of carbonyl (C=O) groups is 2. The first-order chi connectivity index (χ1) is 17.5. The average Bonchev–Trinajstić information content (AvgIpc) is 3.16. The van der Waals surface area contributed by atoms with Crippen molar-refractivity contribution in [3.8, 4) is 11.5 Å². The predicted molar refractivity (Wildman–Crippen MR) is 149 cm³/mol. The number of nitrogens with zero attached hydrogens (tertiary/aromatic N) is 1. The number of fused-ring (bicyclic) bond motifs is 1. The van der Waals surface area contributed by atoms with Gasteiger partial charge in [-0.1, -0.05) is 54.6 Å². The fourth-order valence-corrected chi connectivity index (χ4v) is 4.85. The number of hydrogen-bond acceptors (Lipinski definition) is 4. The Labute approximate surface area is 222 Å². The van der Waals surface area contributed by atoms with E-state index in [-0.39, 0.29) is 5.70 Å². The number of rotatable bonds is 7. The Morgan fingerprint density at radius 1 is 0.889 bits per heavy atom. The van der Waals surface area contributed by atoms with Crippen LogP contribution in [0.15, 0.2) is 90.6 Å². The van der Waals surface area contributed by atoms with Gasteiger partial charge in [0.05, 0.1) is 15.9 Å². The zero-order valence-electron chi connectivity index (χ0n) is 19.5. The molecule has 0 saturated carbocycles. The van der Waals surface area contributed by atoms with E-state index in [9.17, 15) is 9.59 Å². The maximum Gasteiger partial charge on any atom is 0.333 e. The number of amides is 3. The Hall–Kier alpha value is -3.85. The molecule has 0 radical (unpaired) electrons. The van der Waals surface area contributed by atoms with Crippen molar-refractivity contribution in [1.82, 2.24) is 5.32 Å². The molecule has 1 heterocycles. The number of imide groups is 1. The second-order valence-electron chi connectivity index (χ2n) is 8.20. The van der Waals surface area contributed by atoms with Gasteiger partial charge in [0.15, 0.2) is 11.5 Å². The molecule has 1 N–H and O–H groups in total. The minimum atomic E-state index is -0.479. The standard InChI is InChI=1S/C29H23IN2O4/c1-2-35-26-17-20(16-25-28(33)32(29(34)31-25)23-10-4-3-5-11-23)15-24(30)27(26)36-18-19-12-13-21-8-6-7-9-22(21)14-19/h3-17H,2,18H2,1H3,(H,31,34). The third kappa shape index (κ3) is 4.92. The summed E-state index contributed by atoms with van der Waals surface area (Å²) >= 11 is 2.20. The first-order valence-corrected chi connectivity index (χ1v) is 12.6. The van der Waals surface area contributed by atoms with E-state index in [1.165, 1.54) is 5.39 Å². The highest BCUT2D eigenvalue weighted by Crippen LogP contribution is 2.36. The highest BCUT2D eigenvalue weighted by atomic mass is 127. The lowest BCUT2D eigenvalue weighted by Crippen LogP contribution is -2.30. The number of para-hydroxylation sites is 1. The van der Waals surface area contributed by atoms with E-state index in [0.29, 0.717) is 30.4 Å². The molecular weight excluding hydrogens is 567 g/mol. The zero-order valence-corrected chi connectivity index (χ0v) is 21.7. The van der Waals surface area contributed by atoms with Crippen LogP contribution in [0.1, 0.15) is 18.1 Å². The van der Waals surface area contributed by atoms with E-state index in [2.05, 4.69) is 58.2 Å². The van der Waals surface area contributed by atoms with E-state index in [1.807, 2.05) is 37.3 Å². The van der Waals surface area contributed by atoms with Crippen molar-refractivity contribution in [1.29, 1.82) is 0 Å². The van der Waals surface area contributed by atoms with Crippen LogP contribution in [0.3, 0.4) is 0 Å². The number of hydrogen-bond donors (Lipinski definition) is 1. The van der Waals surface area contributed by atoms with Crippen LogP contribution < -0.4 is 19.7 Å². The number of benzene rings is 4. The Bertz CT molecular complexity index is 1480. The summed E-state index contributed by atoms with van der Waals surface area (Å²) in [4.78, 5) is 26.6. The summed E-state index contributed by atoms with van der Waals surface area (Å²) in [6, 6.07) is 26.5. The molecule has 3 amide bonds. The molecule has 6 nitrogen and oxygen atoms in total. The molecule has 0 unspecified atom stereocenters. The van der Waals surface area contributed by atoms with Crippen molar-refractivity contribution < 1.29 is 19.1 Å². The van der Waals surface area contributed by atoms with Crippen molar-refractivity contribution in [2.24, 2.45) is 0 Å². The van der Waals surface area contributed by atoms with Crippen molar-refractivity contribution in [2.75, 3.05) is 11.5 Å². The van der Waals surface area contributed by atoms with Crippen LogP contribution in [0, 0.1) is 3.57 Å². The largest absolute Gasteiger partial charge is 0.490 e. The molecular formula is C29H23IN2O4. The maximum absolute atomic E-state index is 13.0. The molecule has 0 aromatic heterocycles. The summed E-state index contributed by atoms with van der Waals surface area (Å²) in [5.74, 6) is 0.810. The van der Waals surface area contributed by atoms with Crippen LogP contribution >= 0.6 is 22.6 Å². The minimum Gasteiger partial charge on any atom is -0.490 e. The van der Waals surface area contributed by atoms with Crippen molar-refractivity contribution in [3.05, 3.63) is 105 Å². The highest BCUT2D eigenvalue weighted by Gasteiger charge is 2.34. The first-order valence-electron chi connectivity index (χ1n) is 11.5. The maximum atomic E-state index is 13.0. The monoisotopic (exact) mass is 590 g/mol. The van der Waals surface area contributed by atoms with Gasteiger partial charge in [0.1, 0.15) is 12.3 Å². The highest BCUT2D eigenvalue weighted by molar-refractivity contribution is 14.1.